The zero-order chi connectivity index (χ0) is 15.6. The molecule has 0 fully saturated rings. The van der Waals surface area contributed by atoms with Crippen LogP contribution < -0.4 is 5.73 Å². The summed E-state index contributed by atoms with van der Waals surface area (Å²) in [6.07, 6.45) is 0. The van der Waals surface area contributed by atoms with E-state index in [2.05, 4.69) is 0 Å². The number of nitrogens with two attached hydrogens (primary N) is 1. The zero-order valence-electron chi connectivity index (χ0n) is 11.3. The highest BCUT2D eigenvalue weighted by Crippen LogP contribution is 2.29. The average Bonchev–Trinajstić information content (AvgIpc) is 2.44. The number of anilines is 1. The van der Waals surface area contributed by atoms with Crippen LogP contribution in [0.3, 0.4) is 0 Å². The van der Waals surface area contributed by atoms with E-state index in [9.17, 15) is 9.90 Å². The van der Waals surface area contributed by atoms with Gasteiger partial charge in [0.2, 0.25) is 0 Å². The third kappa shape index (κ3) is 3.60. The van der Waals surface area contributed by atoms with E-state index in [1.54, 1.807) is 31.3 Å². The predicted molar refractivity (Wildman–Crippen MR) is 84.8 cm³/mol. The molecular formula is C15H14Cl2N2O2. The molecule has 3 N–H and O–H groups in total. The zero-order valence-corrected chi connectivity index (χ0v) is 12.8. The van der Waals surface area contributed by atoms with Gasteiger partial charge in [0.15, 0.2) is 0 Å². The molecule has 0 spiro atoms. The molecule has 0 saturated heterocycles. The van der Waals surface area contributed by atoms with Gasteiger partial charge in [0, 0.05) is 19.3 Å². The topological polar surface area (TPSA) is 66.6 Å². The first-order valence-electron chi connectivity index (χ1n) is 6.16. The van der Waals surface area contributed by atoms with Crippen LogP contribution in [0.1, 0.15) is 15.9 Å². The van der Waals surface area contributed by atoms with E-state index < -0.39 is 0 Å². The maximum atomic E-state index is 12.4. The predicted octanol–water partition coefficient (Wildman–Crippen LogP) is 3.55. The molecule has 0 radical (unpaired) electrons. The lowest BCUT2D eigenvalue weighted by Crippen LogP contribution is -2.26. The molecule has 0 unspecified atom stereocenters. The molecule has 0 heterocycles. The van der Waals surface area contributed by atoms with Gasteiger partial charge in [-0.15, -0.1) is 0 Å². The number of carbonyl (C=O) groups is 1. The number of rotatable bonds is 3. The molecule has 6 heteroatoms. The van der Waals surface area contributed by atoms with Gasteiger partial charge in [-0.1, -0.05) is 35.3 Å². The molecule has 2 aromatic rings. The molecule has 21 heavy (non-hydrogen) atoms. The van der Waals surface area contributed by atoms with Gasteiger partial charge in [-0.05, 0) is 29.8 Å². The third-order valence-corrected chi connectivity index (χ3v) is 3.79. The second-order valence-electron chi connectivity index (χ2n) is 4.69. The summed E-state index contributed by atoms with van der Waals surface area (Å²) in [6.45, 7) is 0.377. The van der Waals surface area contributed by atoms with Crippen molar-refractivity contribution in [1.82, 2.24) is 4.90 Å². The molecule has 0 aliphatic carbocycles. The number of nitrogen functional groups attached to an aromatic ring is 1. The normalized spacial score (nSPS) is 10.4. The fourth-order valence-corrected chi connectivity index (χ4v) is 2.34. The SMILES string of the molecule is CN(Cc1ccc(O)cc1)C(=O)c1cc(N)cc(Cl)c1Cl. The van der Waals surface area contributed by atoms with Crippen molar-refractivity contribution < 1.29 is 9.90 Å². The Hall–Kier alpha value is -1.91. The van der Waals surface area contributed by atoms with Gasteiger partial charge in [0.1, 0.15) is 5.75 Å². The van der Waals surface area contributed by atoms with Gasteiger partial charge < -0.3 is 15.7 Å². The van der Waals surface area contributed by atoms with Crippen molar-refractivity contribution >= 4 is 34.8 Å². The lowest BCUT2D eigenvalue weighted by molar-refractivity contribution is 0.0785. The van der Waals surface area contributed by atoms with Crippen molar-refractivity contribution in [1.29, 1.82) is 0 Å². The van der Waals surface area contributed by atoms with Crippen molar-refractivity contribution in [3.63, 3.8) is 0 Å². The van der Waals surface area contributed by atoms with Gasteiger partial charge in [-0.3, -0.25) is 4.79 Å². The van der Waals surface area contributed by atoms with E-state index in [1.807, 2.05) is 0 Å². The van der Waals surface area contributed by atoms with E-state index in [1.165, 1.54) is 17.0 Å². The highest BCUT2D eigenvalue weighted by Gasteiger charge is 2.18. The molecule has 1 amide bonds. The van der Waals surface area contributed by atoms with Gasteiger partial charge in [0.25, 0.3) is 5.91 Å². The Balaban J connectivity index is 2.21. The maximum Gasteiger partial charge on any atom is 0.255 e. The molecule has 0 aliphatic rings. The van der Waals surface area contributed by atoms with E-state index in [0.29, 0.717) is 12.2 Å². The first-order valence-corrected chi connectivity index (χ1v) is 6.92. The Labute approximate surface area is 132 Å². The summed E-state index contributed by atoms with van der Waals surface area (Å²) in [5.74, 6) is -0.0966. The largest absolute Gasteiger partial charge is 0.508 e. The lowest BCUT2D eigenvalue weighted by atomic mass is 10.1. The van der Waals surface area contributed by atoms with Crippen LogP contribution in [-0.4, -0.2) is 23.0 Å². The second-order valence-corrected chi connectivity index (χ2v) is 5.48. The summed E-state index contributed by atoms with van der Waals surface area (Å²) in [7, 11) is 1.66. The number of nitrogens with zero attached hydrogens (tertiary/aromatic N) is 1. The quantitative estimate of drug-likeness (QED) is 0.848. The minimum atomic E-state index is -0.276. The van der Waals surface area contributed by atoms with E-state index in [0.717, 1.165) is 5.56 Å². The number of carbonyl (C=O) groups excluding carboxylic acids is 1. The third-order valence-electron chi connectivity index (χ3n) is 2.98. The number of amides is 1. The van der Waals surface area contributed by atoms with Crippen LogP contribution in [0.15, 0.2) is 36.4 Å². The van der Waals surface area contributed by atoms with Crippen LogP contribution in [0.4, 0.5) is 5.69 Å². The number of phenols is 1. The maximum absolute atomic E-state index is 12.4. The van der Waals surface area contributed by atoms with E-state index >= 15 is 0 Å². The second kappa shape index (κ2) is 6.24. The van der Waals surface area contributed by atoms with Gasteiger partial charge in [-0.2, -0.15) is 0 Å². The summed E-state index contributed by atoms with van der Waals surface area (Å²) < 4.78 is 0. The van der Waals surface area contributed by atoms with Crippen LogP contribution in [0.2, 0.25) is 10.0 Å². The minimum absolute atomic E-state index is 0.179. The monoisotopic (exact) mass is 324 g/mol. The first kappa shape index (κ1) is 15.5. The Bertz CT molecular complexity index is 672. The molecule has 2 rings (SSSR count). The molecule has 110 valence electrons. The Morgan fingerprint density at radius 1 is 1.24 bits per heavy atom. The highest BCUT2D eigenvalue weighted by molar-refractivity contribution is 6.44. The molecule has 0 atom stereocenters. The Kier molecular flexibility index (Phi) is 4.60. The van der Waals surface area contributed by atoms with E-state index in [-0.39, 0.29) is 27.3 Å². The summed E-state index contributed by atoms with van der Waals surface area (Å²) >= 11 is 12.0. The van der Waals surface area contributed by atoms with Crippen LogP contribution in [0.25, 0.3) is 0 Å². The lowest BCUT2D eigenvalue weighted by Gasteiger charge is -2.18. The van der Waals surface area contributed by atoms with E-state index in [4.69, 9.17) is 28.9 Å². The smallest absolute Gasteiger partial charge is 0.255 e. The van der Waals surface area contributed by atoms with Crippen LogP contribution in [0, 0.1) is 0 Å². The number of phenolic OH excluding ortho intramolecular Hbond substituents is 1. The van der Waals surface area contributed by atoms with Gasteiger partial charge in [0.05, 0.1) is 15.6 Å². The molecule has 0 saturated carbocycles. The highest BCUT2D eigenvalue weighted by atomic mass is 35.5. The number of hydrogen-bond acceptors (Lipinski definition) is 3. The summed E-state index contributed by atoms with van der Waals surface area (Å²) in [6, 6.07) is 9.63. The minimum Gasteiger partial charge on any atom is -0.508 e. The van der Waals surface area contributed by atoms with Crippen LogP contribution >= 0.6 is 23.2 Å². The number of hydrogen-bond donors (Lipinski definition) is 2. The van der Waals surface area contributed by atoms with Crippen molar-refractivity contribution in [3.05, 3.63) is 57.6 Å². The summed E-state index contributed by atoms with van der Waals surface area (Å²) in [5, 5.41) is 9.69. The summed E-state index contributed by atoms with van der Waals surface area (Å²) in [4.78, 5) is 13.9. The van der Waals surface area contributed by atoms with Crippen LogP contribution in [-0.2, 0) is 6.54 Å². The van der Waals surface area contributed by atoms with Gasteiger partial charge >= 0.3 is 0 Å². The number of benzene rings is 2. The molecule has 2 aromatic carbocycles. The fourth-order valence-electron chi connectivity index (χ4n) is 1.92. The fraction of sp³-hybridized carbons (Fsp3) is 0.133. The Morgan fingerprint density at radius 3 is 2.48 bits per heavy atom. The number of halogens is 2. The Morgan fingerprint density at radius 2 is 1.86 bits per heavy atom. The van der Waals surface area contributed by atoms with Crippen molar-refractivity contribution in [3.8, 4) is 5.75 Å². The van der Waals surface area contributed by atoms with Crippen molar-refractivity contribution in [2.45, 2.75) is 6.54 Å². The average molecular weight is 325 g/mol. The summed E-state index contributed by atoms with van der Waals surface area (Å²) in [5.41, 5.74) is 7.22. The molecule has 0 bridgehead atoms. The standard InChI is InChI=1S/C15H14Cl2N2O2/c1-19(8-9-2-4-11(20)5-3-9)15(21)12-6-10(18)7-13(16)14(12)17/h2-7,20H,8,18H2,1H3. The van der Waals surface area contributed by atoms with Crippen molar-refractivity contribution in [2.75, 3.05) is 12.8 Å². The number of aromatic hydroxyl groups is 1. The first-order chi connectivity index (χ1) is 9.88. The molecule has 4 nitrogen and oxygen atoms in total. The molecular weight excluding hydrogens is 311 g/mol. The van der Waals surface area contributed by atoms with Crippen LogP contribution in [0.5, 0.6) is 5.75 Å². The van der Waals surface area contributed by atoms with Crippen molar-refractivity contribution in [2.24, 2.45) is 0 Å². The molecule has 0 aliphatic heterocycles. The van der Waals surface area contributed by atoms with Gasteiger partial charge in [-0.25, -0.2) is 0 Å². The molecule has 0 aromatic heterocycles.